The average Bonchev–Trinajstić information content (AvgIpc) is 2.32. The van der Waals surface area contributed by atoms with E-state index in [1.54, 1.807) is 7.11 Å². The molecule has 0 rings (SSSR count). The summed E-state index contributed by atoms with van der Waals surface area (Å²) >= 11 is 0. The first-order valence-electron chi connectivity index (χ1n) is 5.41. The lowest BCUT2D eigenvalue weighted by molar-refractivity contribution is 0.0222. The second kappa shape index (κ2) is 10.7. The van der Waals surface area contributed by atoms with Crippen molar-refractivity contribution in [3.8, 4) is 0 Å². The lowest BCUT2D eigenvalue weighted by Crippen LogP contribution is -2.32. The highest BCUT2D eigenvalue weighted by Crippen LogP contribution is 1.98. The van der Waals surface area contributed by atoms with Crippen LogP contribution < -0.4 is 5.73 Å². The quantitative estimate of drug-likeness (QED) is 0.190. The molecule has 0 saturated heterocycles. The van der Waals surface area contributed by atoms with Gasteiger partial charge in [-0.25, -0.2) is 0 Å². The lowest BCUT2D eigenvalue weighted by atomic mass is 10.2. The lowest BCUT2D eigenvalue weighted by Gasteiger charge is -2.14. The van der Waals surface area contributed by atoms with Crippen molar-refractivity contribution in [2.45, 2.75) is 25.9 Å². The van der Waals surface area contributed by atoms with E-state index in [-0.39, 0.29) is 11.9 Å². The van der Waals surface area contributed by atoms with Crippen molar-refractivity contribution in [3.05, 3.63) is 0 Å². The third kappa shape index (κ3) is 7.44. The monoisotopic (exact) mass is 234 g/mol. The third-order valence-electron chi connectivity index (χ3n) is 2.00. The van der Waals surface area contributed by atoms with Gasteiger partial charge >= 0.3 is 0 Å². The Morgan fingerprint density at radius 3 is 2.62 bits per heavy atom. The van der Waals surface area contributed by atoms with Crippen molar-refractivity contribution in [2.24, 2.45) is 10.9 Å². The summed E-state index contributed by atoms with van der Waals surface area (Å²) in [6.07, 6.45) is 1.20. The summed E-state index contributed by atoms with van der Waals surface area (Å²) in [6, 6.07) is 0. The minimum Gasteiger partial charge on any atom is -0.409 e. The minimum absolute atomic E-state index is 0.0990. The number of methoxy groups -OCH3 is 1. The van der Waals surface area contributed by atoms with Crippen LogP contribution in [0, 0.1) is 0 Å². The van der Waals surface area contributed by atoms with Crippen molar-refractivity contribution < 1.29 is 19.4 Å². The Morgan fingerprint density at radius 2 is 2.06 bits per heavy atom. The molecule has 0 spiro atoms. The van der Waals surface area contributed by atoms with Crippen LogP contribution in [0.3, 0.4) is 0 Å². The minimum atomic E-state index is -0.340. The smallest absolute Gasteiger partial charge is 0.168 e. The number of hydrogen-bond acceptors (Lipinski definition) is 5. The van der Waals surface area contributed by atoms with E-state index in [0.29, 0.717) is 32.8 Å². The van der Waals surface area contributed by atoms with Gasteiger partial charge in [-0.2, -0.15) is 0 Å². The Labute approximate surface area is 96.3 Å². The summed E-state index contributed by atoms with van der Waals surface area (Å²) in [5, 5.41) is 11.4. The van der Waals surface area contributed by atoms with E-state index < -0.39 is 0 Å². The maximum absolute atomic E-state index is 8.47. The molecule has 0 amide bonds. The summed E-state index contributed by atoms with van der Waals surface area (Å²) in [5.41, 5.74) is 5.43. The standard InChI is InChI=1S/C10H22N2O4/c1-3-9(10(11)12-13)16-8-7-15-6-4-5-14-2/h9,13H,3-8H2,1-2H3,(H2,11,12). The zero-order chi connectivity index (χ0) is 12.2. The SMILES string of the molecule is CCC(OCCOCCCOC)C(N)=NO. The van der Waals surface area contributed by atoms with Crippen LogP contribution in [0.25, 0.3) is 0 Å². The van der Waals surface area contributed by atoms with E-state index in [4.69, 9.17) is 25.2 Å². The predicted octanol–water partition coefficient (Wildman–Crippen LogP) is 0.581. The van der Waals surface area contributed by atoms with E-state index >= 15 is 0 Å². The van der Waals surface area contributed by atoms with Crippen molar-refractivity contribution in [2.75, 3.05) is 33.5 Å². The maximum atomic E-state index is 8.47. The highest BCUT2D eigenvalue weighted by Gasteiger charge is 2.11. The van der Waals surface area contributed by atoms with Crippen molar-refractivity contribution >= 4 is 5.84 Å². The fourth-order valence-electron chi connectivity index (χ4n) is 1.13. The molecule has 0 radical (unpaired) electrons. The number of nitrogens with two attached hydrogens (primary N) is 1. The third-order valence-corrected chi connectivity index (χ3v) is 2.00. The summed E-state index contributed by atoms with van der Waals surface area (Å²) in [7, 11) is 1.66. The molecular formula is C10H22N2O4. The molecule has 0 aromatic rings. The van der Waals surface area contributed by atoms with Gasteiger partial charge in [-0.3, -0.25) is 0 Å². The first-order valence-corrected chi connectivity index (χ1v) is 5.41. The zero-order valence-electron chi connectivity index (χ0n) is 10.0. The first kappa shape index (κ1) is 15.2. The van der Waals surface area contributed by atoms with Crippen LogP contribution in [0.1, 0.15) is 19.8 Å². The van der Waals surface area contributed by atoms with E-state index in [9.17, 15) is 0 Å². The molecule has 0 saturated carbocycles. The molecule has 96 valence electrons. The number of amidine groups is 1. The molecule has 1 atom stereocenters. The molecule has 0 aliphatic heterocycles. The molecule has 6 nitrogen and oxygen atoms in total. The summed E-state index contributed by atoms with van der Waals surface area (Å²) in [4.78, 5) is 0. The normalized spacial score (nSPS) is 14.0. The Bertz CT molecular complexity index is 188. The molecule has 0 heterocycles. The van der Waals surface area contributed by atoms with E-state index in [1.165, 1.54) is 0 Å². The van der Waals surface area contributed by atoms with Gasteiger partial charge in [0.05, 0.1) is 13.2 Å². The van der Waals surface area contributed by atoms with Gasteiger partial charge < -0.3 is 25.2 Å². The van der Waals surface area contributed by atoms with Gasteiger partial charge in [0.1, 0.15) is 6.10 Å². The summed E-state index contributed by atoms with van der Waals surface area (Å²) < 4.78 is 15.6. The first-order chi connectivity index (χ1) is 7.76. The van der Waals surface area contributed by atoms with E-state index in [0.717, 1.165) is 6.42 Å². The van der Waals surface area contributed by atoms with Gasteiger partial charge in [0.15, 0.2) is 5.84 Å². The van der Waals surface area contributed by atoms with E-state index in [2.05, 4.69) is 5.16 Å². The van der Waals surface area contributed by atoms with Crippen LogP contribution in [0.4, 0.5) is 0 Å². The molecule has 0 aromatic carbocycles. The van der Waals surface area contributed by atoms with Crippen LogP contribution in [-0.2, 0) is 14.2 Å². The maximum Gasteiger partial charge on any atom is 0.168 e. The molecule has 6 heteroatoms. The van der Waals surface area contributed by atoms with Gasteiger partial charge in [-0.1, -0.05) is 12.1 Å². The number of ether oxygens (including phenoxy) is 3. The van der Waals surface area contributed by atoms with Gasteiger partial charge in [0.25, 0.3) is 0 Å². The van der Waals surface area contributed by atoms with Crippen molar-refractivity contribution in [3.63, 3.8) is 0 Å². The van der Waals surface area contributed by atoms with Gasteiger partial charge in [0.2, 0.25) is 0 Å². The molecule has 0 fully saturated rings. The second-order valence-electron chi connectivity index (χ2n) is 3.25. The van der Waals surface area contributed by atoms with Crippen LogP contribution in [0.15, 0.2) is 5.16 Å². The summed E-state index contributed by atoms with van der Waals surface area (Å²) in [6.45, 7) is 4.18. The Morgan fingerprint density at radius 1 is 1.31 bits per heavy atom. The Balaban J connectivity index is 3.42. The molecule has 0 aliphatic carbocycles. The van der Waals surface area contributed by atoms with Crippen molar-refractivity contribution in [1.29, 1.82) is 0 Å². The Hall–Kier alpha value is -0.850. The number of nitrogens with zero attached hydrogens (tertiary/aromatic N) is 1. The molecule has 0 aromatic heterocycles. The largest absolute Gasteiger partial charge is 0.409 e. The number of hydrogen-bond donors (Lipinski definition) is 2. The number of oxime groups is 1. The molecule has 16 heavy (non-hydrogen) atoms. The highest BCUT2D eigenvalue weighted by atomic mass is 16.5. The number of rotatable bonds is 10. The second-order valence-corrected chi connectivity index (χ2v) is 3.25. The topological polar surface area (TPSA) is 86.3 Å². The van der Waals surface area contributed by atoms with Crippen LogP contribution >= 0.6 is 0 Å². The summed E-state index contributed by atoms with van der Waals surface area (Å²) in [5.74, 6) is 0.0990. The fourth-order valence-corrected chi connectivity index (χ4v) is 1.13. The average molecular weight is 234 g/mol. The molecule has 3 N–H and O–H groups in total. The molecular weight excluding hydrogens is 212 g/mol. The predicted molar refractivity (Wildman–Crippen MR) is 60.8 cm³/mol. The van der Waals surface area contributed by atoms with Gasteiger partial charge in [0, 0.05) is 20.3 Å². The highest BCUT2D eigenvalue weighted by molar-refractivity contribution is 5.84. The van der Waals surface area contributed by atoms with Crippen LogP contribution in [0.2, 0.25) is 0 Å². The molecule has 0 bridgehead atoms. The Kier molecular flexibility index (Phi) is 10.1. The van der Waals surface area contributed by atoms with Crippen molar-refractivity contribution in [1.82, 2.24) is 0 Å². The zero-order valence-corrected chi connectivity index (χ0v) is 10.0. The van der Waals surface area contributed by atoms with Crippen LogP contribution in [0.5, 0.6) is 0 Å². The van der Waals surface area contributed by atoms with Gasteiger partial charge in [-0.05, 0) is 12.8 Å². The molecule has 0 aliphatic rings. The van der Waals surface area contributed by atoms with E-state index in [1.807, 2.05) is 6.92 Å². The van der Waals surface area contributed by atoms with Crippen LogP contribution in [-0.4, -0.2) is 50.7 Å². The molecule has 1 unspecified atom stereocenters. The fraction of sp³-hybridized carbons (Fsp3) is 0.900. The van der Waals surface area contributed by atoms with Gasteiger partial charge in [-0.15, -0.1) is 0 Å².